The summed E-state index contributed by atoms with van der Waals surface area (Å²) >= 11 is 6.05. The van der Waals surface area contributed by atoms with Crippen LogP contribution in [0.4, 0.5) is 5.69 Å². The number of anilines is 1. The number of benzene rings is 2. The van der Waals surface area contributed by atoms with Crippen LogP contribution in [0.3, 0.4) is 0 Å². The van der Waals surface area contributed by atoms with E-state index in [1.54, 1.807) is 36.4 Å². The molecule has 0 aliphatic rings. The summed E-state index contributed by atoms with van der Waals surface area (Å²) in [6.45, 7) is 2.84. The molecule has 2 aromatic rings. The van der Waals surface area contributed by atoms with Crippen molar-refractivity contribution < 1.29 is 9.90 Å². The Balaban J connectivity index is 2.10. The zero-order valence-corrected chi connectivity index (χ0v) is 12.4. The number of phenolic OH excluding ortho intramolecular Hbond substituents is 1. The number of hydrogen-bond donors (Lipinski definition) is 3. The van der Waals surface area contributed by atoms with Gasteiger partial charge in [0.25, 0.3) is 5.91 Å². The fourth-order valence-corrected chi connectivity index (χ4v) is 2.18. The third-order valence-corrected chi connectivity index (χ3v) is 3.38. The molecular weight excluding hydrogens is 288 g/mol. The molecule has 0 unspecified atom stereocenters. The third kappa shape index (κ3) is 3.89. The maximum absolute atomic E-state index is 11.8. The van der Waals surface area contributed by atoms with Gasteiger partial charge in [0.1, 0.15) is 5.75 Å². The van der Waals surface area contributed by atoms with E-state index in [9.17, 15) is 9.90 Å². The second-order valence-corrected chi connectivity index (χ2v) is 4.94. The molecule has 3 N–H and O–H groups in total. The summed E-state index contributed by atoms with van der Waals surface area (Å²) in [7, 11) is 0. The van der Waals surface area contributed by atoms with Crippen molar-refractivity contribution >= 4 is 23.2 Å². The monoisotopic (exact) mass is 304 g/mol. The summed E-state index contributed by atoms with van der Waals surface area (Å²) in [5.41, 5.74) is 2.01. The lowest BCUT2D eigenvalue weighted by molar-refractivity contribution is 0.0956. The Morgan fingerprint density at radius 1 is 1.24 bits per heavy atom. The molecule has 0 heterocycles. The third-order valence-electron chi connectivity index (χ3n) is 3.03. The fourth-order valence-electron chi connectivity index (χ4n) is 1.95. The first-order chi connectivity index (χ1) is 10.1. The SMILES string of the molecule is CCNC(=O)c1cccc(NCc2c(O)cccc2Cl)c1. The molecule has 0 aromatic heterocycles. The number of aromatic hydroxyl groups is 1. The summed E-state index contributed by atoms with van der Waals surface area (Å²) in [5.74, 6) is 0.0385. The largest absolute Gasteiger partial charge is 0.508 e. The normalized spacial score (nSPS) is 10.2. The van der Waals surface area contributed by atoms with Gasteiger partial charge in [-0.25, -0.2) is 0 Å². The van der Waals surface area contributed by atoms with Crippen molar-refractivity contribution in [3.8, 4) is 5.75 Å². The zero-order chi connectivity index (χ0) is 15.2. The summed E-state index contributed by atoms with van der Waals surface area (Å²) in [5, 5.41) is 16.2. The molecule has 110 valence electrons. The Kier molecular flexibility index (Phi) is 5.06. The Hall–Kier alpha value is -2.20. The van der Waals surface area contributed by atoms with Crippen LogP contribution in [0.25, 0.3) is 0 Å². The van der Waals surface area contributed by atoms with Gasteiger partial charge in [-0.1, -0.05) is 23.7 Å². The van der Waals surface area contributed by atoms with Crippen molar-refractivity contribution in [3.05, 3.63) is 58.6 Å². The predicted molar refractivity (Wildman–Crippen MR) is 84.9 cm³/mol. The molecule has 0 spiro atoms. The lowest BCUT2D eigenvalue weighted by Gasteiger charge is -2.11. The highest BCUT2D eigenvalue weighted by Crippen LogP contribution is 2.26. The molecule has 0 aliphatic heterocycles. The van der Waals surface area contributed by atoms with Crippen LogP contribution >= 0.6 is 11.6 Å². The van der Waals surface area contributed by atoms with Crippen LogP contribution < -0.4 is 10.6 Å². The number of nitrogens with one attached hydrogen (secondary N) is 2. The highest BCUT2D eigenvalue weighted by atomic mass is 35.5. The van der Waals surface area contributed by atoms with Crippen LogP contribution in [0.2, 0.25) is 5.02 Å². The average Bonchev–Trinajstić information content (AvgIpc) is 2.47. The molecule has 0 aliphatic carbocycles. The first-order valence-electron chi connectivity index (χ1n) is 6.70. The Morgan fingerprint density at radius 3 is 2.71 bits per heavy atom. The summed E-state index contributed by atoms with van der Waals surface area (Å²) in [6.07, 6.45) is 0. The molecule has 2 aromatic carbocycles. The van der Waals surface area contributed by atoms with Crippen molar-refractivity contribution in [2.45, 2.75) is 13.5 Å². The first-order valence-corrected chi connectivity index (χ1v) is 7.08. The number of halogens is 1. The molecule has 2 rings (SSSR count). The minimum Gasteiger partial charge on any atom is -0.508 e. The highest BCUT2D eigenvalue weighted by Gasteiger charge is 2.07. The van der Waals surface area contributed by atoms with E-state index in [1.807, 2.05) is 13.0 Å². The molecule has 4 nitrogen and oxygen atoms in total. The second kappa shape index (κ2) is 6.99. The van der Waals surface area contributed by atoms with E-state index in [1.165, 1.54) is 0 Å². The smallest absolute Gasteiger partial charge is 0.251 e. The summed E-state index contributed by atoms with van der Waals surface area (Å²) < 4.78 is 0. The van der Waals surface area contributed by atoms with Crippen LogP contribution in [0.1, 0.15) is 22.8 Å². The molecule has 0 radical (unpaired) electrons. The predicted octanol–water partition coefficient (Wildman–Crippen LogP) is 3.41. The molecule has 0 saturated heterocycles. The minimum atomic E-state index is -0.109. The van der Waals surface area contributed by atoms with Crippen LogP contribution in [0.5, 0.6) is 5.75 Å². The fraction of sp³-hybridized carbons (Fsp3) is 0.188. The van der Waals surface area contributed by atoms with Gasteiger partial charge in [0, 0.05) is 34.9 Å². The lowest BCUT2D eigenvalue weighted by atomic mass is 10.1. The van der Waals surface area contributed by atoms with Gasteiger partial charge in [0.05, 0.1) is 0 Å². The maximum Gasteiger partial charge on any atom is 0.251 e. The van der Waals surface area contributed by atoms with Gasteiger partial charge < -0.3 is 15.7 Å². The topological polar surface area (TPSA) is 61.4 Å². The van der Waals surface area contributed by atoms with Crippen LogP contribution in [-0.4, -0.2) is 17.6 Å². The van der Waals surface area contributed by atoms with E-state index in [4.69, 9.17) is 11.6 Å². The molecule has 0 fully saturated rings. The van der Waals surface area contributed by atoms with E-state index >= 15 is 0 Å². The van der Waals surface area contributed by atoms with Crippen LogP contribution in [0.15, 0.2) is 42.5 Å². The number of carbonyl (C=O) groups is 1. The van der Waals surface area contributed by atoms with Crippen molar-refractivity contribution in [1.29, 1.82) is 0 Å². The van der Waals surface area contributed by atoms with Gasteiger partial charge in [-0.2, -0.15) is 0 Å². The lowest BCUT2D eigenvalue weighted by Crippen LogP contribution is -2.22. The van der Waals surface area contributed by atoms with E-state index in [0.29, 0.717) is 29.2 Å². The highest BCUT2D eigenvalue weighted by molar-refractivity contribution is 6.31. The average molecular weight is 305 g/mol. The minimum absolute atomic E-state index is 0.109. The molecule has 0 saturated carbocycles. The molecule has 5 heteroatoms. The number of amides is 1. The molecule has 0 bridgehead atoms. The number of phenols is 1. The van der Waals surface area contributed by atoms with Crippen molar-refractivity contribution in [3.63, 3.8) is 0 Å². The van der Waals surface area contributed by atoms with Gasteiger partial charge >= 0.3 is 0 Å². The van der Waals surface area contributed by atoms with Gasteiger partial charge in [-0.05, 0) is 37.3 Å². The van der Waals surface area contributed by atoms with E-state index < -0.39 is 0 Å². The first kappa shape index (κ1) is 15.2. The van der Waals surface area contributed by atoms with Crippen LogP contribution in [0, 0.1) is 0 Å². The standard InChI is InChI=1S/C16H17ClN2O2/c1-2-18-16(21)11-5-3-6-12(9-11)19-10-13-14(17)7-4-8-15(13)20/h3-9,19-20H,2,10H2,1H3,(H,18,21). The molecule has 0 atom stereocenters. The number of carbonyl (C=O) groups excluding carboxylic acids is 1. The van der Waals surface area contributed by atoms with E-state index in [2.05, 4.69) is 10.6 Å². The van der Waals surface area contributed by atoms with Crippen molar-refractivity contribution in [2.75, 3.05) is 11.9 Å². The van der Waals surface area contributed by atoms with Gasteiger partial charge in [0.2, 0.25) is 0 Å². The molecule has 21 heavy (non-hydrogen) atoms. The Labute approximate surface area is 128 Å². The Bertz CT molecular complexity index is 624. The zero-order valence-electron chi connectivity index (χ0n) is 11.7. The van der Waals surface area contributed by atoms with Gasteiger partial charge in [-0.15, -0.1) is 0 Å². The van der Waals surface area contributed by atoms with Crippen LogP contribution in [-0.2, 0) is 6.54 Å². The van der Waals surface area contributed by atoms with Crippen molar-refractivity contribution in [2.24, 2.45) is 0 Å². The number of hydrogen-bond acceptors (Lipinski definition) is 3. The van der Waals surface area contributed by atoms with Gasteiger partial charge in [0.15, 0.2) is 0 Å². The Morgan fingerprint density at radius 2 is 2.00 bits per heavy atom. The van der Waals surface area contributed by atoms with Crippen molar-refractivity contribution in [1.82, 2.24) is 5.32 Å². The quantitative estimate of drug-likeness (QED) is 0.793. The second-order valence-electron chi connectivity index (χ2n) is 4.53. The van der Waals surface area contributed by atoms with Gasteiger partial charge in [-0.3, -0.25) is 4.79 Å². The van der Waals surface area contributed by atoms with E-state index in [0.717, 1.165) is 5.69 Å². The number of rotatable bonds is 5. The maximum atomic E-state index is 11.8. The van der Waals surface area contributed by atoms with E-state index in [-0.39, 0.29) is 11.7 Å². The molecular formula is C16H17ClN2O2. The summed E-state index contributed by atoms with van der Waals surface area (Å²) in [6, 6.07) is 12.2. The molecule has 1 amide bonds. The summed E-state index contributed by atoms with van der Waals surface area (Å²) in [4.78, 5) is 11.8.